The molecule has 0 aliphatic carbocycles. The molecule has 1 aromatic carbocycles. The summed E-state index contributed by atoms with van der Waals surface area (Å²) in [6.07, 6.45) is -4.21. The quantitative estimate of drug-likeness (QED) is 0.817. The van der Waals surface area contributed by atoms with Gasteiger partial charge < -0.3 is 9.84 Å². The summed E-state index contributed by atoms with van der Waals surface area (Å²) in [7, 11) is 0. The van der Waals surface area contributed by atoms with E-state index in [0.29, 0.717) is 0 Å². The largest absolute Gasteiger partial charge is 0.393 e. The van der Waals surface area contributed by atoms with Gasteiger partial charge in [-0.2, -0.15) is 17.6 Å². The van der Waals surface area contributed by atoms with Crippen molar-refractivity contribution in [1.82, 2.24) is 0 Å². The van der Waals surface area contributed by atoms with Crippen molar-refractivity contribution >= 4 is 0 Å². The van der Waals surface area contributed by atoms with Crippen LogP contribution in [0.5, 0.6) is 0 Å². The average Bonchev–Trinajstić information content (AvgIpc) is 2.47. The summed E-state index contributed by atoms with van der Waals surface area (Å²) >= 11 is 0. The van der Waals surface area contributed by atoms with Gasteiger partial charge in [0.05, 0.1) is 6.61 Å². The Morgan fingerprint density at radius 1 is 1.06 bits per heavy atom. The predicted octanol–water partition coefficient (Wildman–Crippen LogP) is 2.39. The van der Waals surface area contributed by atoms with Gasteiger partial charge in [0.2, 0.25) is 0 Å². The Balaban J connectivity index is 2.38. The molecule has 1 saturated heterocycles. The van der Waals surface area contributed by atoms with Crippen LogP contribution in [0.3, 0.4) is 0 Å². The van der Waals surface area contributed by atoms with Crippen molar-refractivity contribution in [2.75, 3.05) is 6.61 Å². The van der Waals surface area contributed by atoms with Crippen molar-refractivity contribution in [1.29, 1.82) is 0 Å². The number of aliphatic hydroxyl groups is 1. The first-order valence-electron chi connectivity index (χ1n) is 4.98. The molecule has 1 fully saturated rings. The molecule has 2 rings (SSSR count). The van der Waals surface area contributed by atoms with Crippen LogP contribution in [0.15, 0.2) is 30.3 Å². The molecular formula is C11H10F4O2. The minimum absolute atomic E-state index is 0.0341. The minimum Gasteiger partial charge on any atom is -0.393 e. The number of ether oxygens (including phenoxy) is 1. The van der Waals surface area contributed by atoms with Crippen molar-refractivity contribution in [2.45, 2.75) is 24.1 Å². The second-order valence-corrected chi connectivity index (χ2v) is 3.84. The highest BCUT2D eigenvalue weighted by Gasteiger charge is 2.72. The second-order valence-electron chi connectivity index (χ2n) is 3.84. The average molecular weight is 250 g/mol. The van der Waals surface area contributed by atoms with E-state index < -0.39 is 30.7 Å². The van der Waals surface area contributed by atoms with Gasteiger partial charge in [-0.25, -0.2) is 0 Å². The Kier molecular flexibility index (Phi) is 2.87. The van der Waals surface area contributed by atoms with Crippen LogP contribution in [0.25, 0.3) is 0 Å². The summed E-state index contributed by atoms with van der Waals surface area (Å²) in [5, 5.41) is 8.66. The van der Waals surface area contributed by atoms with Gasteiger partial charge in [-0.05, 0) is 5.56 Å². The van der Waals surface area contributed by atoms with Crippen molar-refractivity contribution in [3.05, 3.63) is 35.9 Å². The Morgan fingerprint density at radius 2 is 1.65 bits per heavy atom. The smallest absolute Gasteiger partial charge is 0.342 e. The van der Waals surface area contributed by atoms with E-state index in [9.17, 15) is 17.6 Å². The van der Waals surface area contributed by atoms with Gasteiger partial charge in [-0.1, -0.05) is 30.3 Å². The molecule has 1 aliphatic heterocycles. The molecule has 94 valence electrons. The Morgan fingerprint density at radius 3 is 2.12 bits per heavy atom. The molecule has 1 heterocycles. The minimum atomic E-state index is -4.37. The summed E-state index contributed by atoms with van der Waals surface area (Å²) < 4.78 is 58.2. The molecule has 2 atom stereocenters. The maximum atomic E-state index is 13.5. The number of rotatable bonds is 2. The second kappa shape index (κ2) is 3.96. The molecule has 0 amide bonds. The van der Waals surface area contributed by atoms with Crippen molar-refractivity contribution in [3.63, 3.8) is 0 Å². The summed E-state index contributed by atoms with van der Waals surface area (Å²) in [6, 6.07) is 7.07. The number of halogens is 4. The Bertz CT molecular complexity index is 394. The fraction of sp³-hybridized carbons (Fsp3) is 0.455. The van der Waals surface area contributed by atoms with E-state index >= 15 is 0 Å². The lowest BCUT2D eigenvalue weighted by atomic mass is 10.00. The molecule has 0 aromatic heterocycles. The molecule has 0 spiro atoms. The fourth-order valence-corrected chi connectivity index (χ4v) is 1.80. The van der Waals surface area contributed by atoms with E-state index in [4.69, 9.17) is 5.11 Å². The molecule has 0 bridgehead atoms. The molecule has 0 saturated carbocycles. The SMILES string of the molecule is OC[C@H]1O[C@@H](c2ccccc2)C(F)(F)C1(F)F. The number of aliphatic hydroxyl groups excluding tert-OH is 1. The molecule has 2 nitrogen and oxygen atoms in total. The van der Waals surface area contributed by atoms with Crippen LogP contribution in [0.1, 0.15) is 11.7 Å². The van der Waals surface area contributed by atoms with Gasteiger partial charge in [0.1, 0.15) is 0 Å². The summed E-state index contributed by atoms with van der Waals surface area (Å²) in [6.45, 7) is -1.15. The Hall–Kier alpha value is -1.14. The number of hydrogen-bond acceptors (Lipinski definition) is 2. The topological polar surface area (TPSA) is 29.5 Å². The van der Waals surface area contributed by atoms with Gasteiger partial charge in [0, 0.05) is 0 Å². The number of hydrogen-bond donors (Lipinski definition) is 1. The van der Waals surface area contributed by atoms with E-state index in [1.807, 2.05) is 0 Å². The van der Waals surface area contributed by atoms with Crippen LogP contribution < -0.4 is 0 Å². The monoisotopic (exact) mass is 250 g/mol. The highest BCUT2D eigenvalue weighted by Crippen LogP contribution is 2.54. The molecule has 17 heavy (non-hydrogen) atoms. The zero-order chi connectivity index (χ0) is 12.7. The lowest BCUT2D eigenvalue weighted by molar-refractivity contribution is -0.201. The van der Waals surface area contributed by atoms with E-state index in [1.54, 1.807) is 6.07 Å². The molecule has 6 heteroatoms. The van der Waals surface area contributed by atoms with E-state index in [1.165, 1.54) is 24.3 Å². The fourth-order valence-electron chi connectivity index (χ4n) is 1.80. The van der Waals surface area contributed by atoms with Crippen LogP contribution in [-0.4, -0.2) is 29.7 Å². The number of alkyl halides is 4. The maximum Gasteiger partial charge on any atom is 0.342 e. The summed E-state index contributed by atoms with van der Waals surface area (Å²) in [4.78, 5) is 0. The third kappa shape index (κ3) is 1.71. The van der Waals surface area contributed by atoms with Crippen LogP contribution in [0.4, 0.5) is 17.6 Å². The van der Waals surface area contributed by atoms with E-state index in [0.717, 1.165) is 0 Å². The van der Waals surface area contributed by atoms with Gasteiger partial charge in [-0.15, -0.1) is 0 Å². The highest BCUT2D eigenvalue weighted by molar-refractivity contribution is 5.23. The first-order valence-corrected chi connectivity index (χ1v) is 4.98. The molecular weight excluding hydrogens is 240 g/mol. The predicted molar refractivity (Wildman–Crippen MR) is 51.0 cm³/mol. The van der Waals surface area contributed by atoms with Crippen molar-refractivity contribution in [2.24, 2.45) is 0 Å². The molecule has 0 unspecified atom stereocenters. The molecule has 1 N–H and O–H groups in total. The molecule has 1 aromatic rings. The normalized spacial score (nSPS) is 30.4. The first kappa shape index (κ1) is 12.3. The zero-order valence-corrected chi connectivity index (χ0v) is 8.62. The van der Waals surface area contributed by atoms with Gasteiger partial charge in [-0.3, -0.25) is 0 Å². The van der Waals surface area contributed by atoms with Crippen LogP contribution in [-0.2, 0) is 4.74 Å². The van der Waals surface area contributed by atoms with E-state index in [-0.39, 0.29) is 5.56 Å². The lowest BCUT2D eigenvalue weighted by Crippen LogP contribution is -2.45. The lowest BCUT2D eigenvalue weighted by Gasteiger charge is -2.22. The number of benzene rings is 1. The van der Waals surface area contributed by atoms with Crippen LogP contribution >= 0.6 is 0 Å². The third-order valence-corrected chi connectivity index (χ3v) is 2.75. The van der Waals surface area contributed by atoms with Crippen LogP contribution in [0.2, 0.25) is 0 Å². The molecule has 1 aliphatic rings. The van der Waals surface area contributed by atoms with Crippen molar-refractivity contribution < 1.29 is 27.4 Å². The van der Waals surface area contributed by atoms with Crippen LogP contribution in [0, 0.1) is 0 Å². The summed E-state index contributed by atoms with van der Waals surface area (Å²) in [5.74, 6) is -8.70. The Labute approximate surface area is 94.8 Å². The first-order chi connectivity index (χ1) is 7.91. The van der Waals surface area contributed by atoms with E-state index in [2.05, 4.69) is 4.74 Å². The van der Waals surface area contributed by atoms with Gasteiger partial charge >= 0.3 is 11.8 Å². The standard InChI is InChI=1S/C11H10F4O2/c12-10(13)8(6-16)17-9(11(10,14)15)7-4-2-1-3-5-7/h1-5,8-9,16H,6H2/t8-,9+/m1/s1. The molecule has 0 radical (unpaired) electrons. The summed E-state index contributed by atoms with van der Waals surface area (Å²) in [5.41, 5.74) is -0.0341. The third-order valence-electron chi connectivity index (χ3n) is 2.75. The maximum absolute atomic E-state index is 13.5. The van der Waals surface area contributed by atoms with Crippen molar-refractivity contribution in [3.8, 4) is 0 Å². The van der Waals surface area contributed by atoms with Gasteiger partial charge in [0.15, 0.2) is 12.2 Å². The van der Waals surface area contributed by atoms with Gasteiger partial charge in [0.25, 0.3) is 0 Å². The highest BCUT2D eigenvalue weighted by atomic mass is 19.3. The zero-order valence-electron chi connectivity index (χ0n) is 8.62.